The van der Waals surface area contributed by atoms with Crippen LogP contribution in [0, 0.1) is 0 Å². The molecule has 7 aromatic heterocycles. The van der Waals surface area contributed by atoms with E-state index in [4.69, 9.17) is 24.9 Å². The summed E-state index contributed by atoms with van der Waals surface area (Å²) < 4.78 is 2.12. The molecule has 0 radical (unpaired) electrons. The minimum absolute atomic E-state index is 0.797. The first-order valence-corrected chi connectivity index (χ1v) is 16.1. The maximum absolute atomic E-state index is 5.31. The largest absolute Gasteiger partial charge is 0.354 e. The van der Waals surface area contributed by atoms with E-state index in [0.717, 1.165) is 89.9 Å². The van der Waals surface area contributed by atoms with Crippen molar-refractivity contribution >= 4 is 46.4 Å². The van der Waals surface area contributed by atoms with Crippen molar-refractivity contribution < 1.29 is 4.57 Å². The van der Waals surface area contributed by atoms with Crippen LogP contribution in [0.3, 0.4) is 0 Å². The maximum Gasteiger partial charge on any atom is 0.216 e. The Morgan fingerprint density at radius 3 is 1.20 bits per heavy atom. The molecular formula is C41H29N8+. The highest BCUT2D eigenvalue weighted by molar-refractivity contribution is 5.98. The molecule has 8 nitrogen and oxygen atoms in total. The number of hydrogen-bond acceptors (Lipinski definition) is 5. The zero-order valence-electron chi connectivity index (χ0n) is 26.5. The average Bonchev–Trinajstić information content (AvgIpc) is 3.98. The van der Waals surface area contributed by atoms with Crippen molar-refractivity contribution in [2.75, 3.05) is 0 Å². The van der Waals surface area contributed by atoms with E-state index in [0.29, 0.717) is 0 Å². The number of nitrogens with one attached hydrogen (secondary N) is 2. The number of fused-ring (bicyclic) bond motifs is 8. The molecule has 232 valence electrons. The molecule has 8 heteroatoms. The minimum Gasteiger partial charge on any atom is -0.354 e. The van der Waals surface area contributed by atoms with Crippen LogP contribution in [0.2, 0.25) is 0 Å². The molecule has 2 aliphatic rings. The molecular weight excluding hydrogens is 605 g/mol. The number of H-pyrrole nitrogens is 2. The van der Waals surface area contributed by atoms with Crippen LogP contribution in [0.5, 0.6) is 0 Å². The Morgan fingerprint density at radius 1 is 0.429 bits per heavy atom. The molecule has 0 spiro atoms. The second-order valence-corrected chi connectivity index (χ2v) is 11.8. The van der Waals surface area contributed by atoms with Gasteiger partial charge in [-0.2, -0.15) is 0 Å². The molecule has 0 saturated heterocycles. The summed E-state index contributed by atoms with van der Waals surface area (Å²) in [5, 5.41) is 0. The summed E-state index contributed by atoms with van der Waals surface area (Å²) in [4.78, 5) is 32.4. The van der Waals surface area contributed by atoms with E-state index in [2.05, 4.69) is 88.5 Å². The Hall–Kier alpha value is -6.80. The van der Waals surface area contributed by atoms with Crippen molar-refractivity contribution in [1.82, 2.24) is 34.9 Å². The van der Waals surface area contributed by atoms with Crippen molar-refractivity contribution in [3.63, 3.8) is 0 Å². The predicted octanol–water partition coefficient (Wildman–Crippen LogP) is 8.33. The van der Waals surface area contributed by atoms with Gasteiger partial charge in [0.2, 0.25) is 5.69 Å². The fourth-order valence-corrected chi connectivity index (χ4v) is 6.60. The van der Waals surface area contributed by atoms with Gasteiger partial charge in [-0.15, -0.1) is 0 Å². The van der Waals surface area contributed by atoms with Gasteiger partial charge < -0.3 is 9.97 Å². The molecule has 7 aromatic rings. The number of nitrogens with zero attached hydrogens (tertiary/aromatic N) is 6. The lowest BCUT2D eigenvalue weighted by atomic mass is 10.1. The number of aryl methyl sites for hydroxylation is 1. The normalized spacial score (nSPS) is 12.0. The topological polar surface area (TPSA) is 99.9 Å². The average molecular weight is 634 g/mol. The molecule has 0 aromatic carbocycles. The number of aromatic nitrogens is 8. The molecule has 9 rings (SSSR count). The van der Waals surface area contributed by atoms with Crippen LogP contribution in [-0.2, 0) is 7.05 Å². The lowest BCUT2D eigenvalue weighted by molar-refractivity contribution is -0.660. The van der Waals surface area contributed by atoms with Crippen LogP contribution in [0.15, 0.2) is 122 Å². The molecule has 0 atom stereocenters. The lowest BCUT2D eigenvalue weighted by Gasteiger charge is -2.05. The summed E-state index contributed by atoms with van der Waals surface area (Å²) in [5.41, 5.74) is 14.0. The van der Waals surface area contributed by atoms with E-state index < -0.39 is 0 Å². The highest BCUT2D eigenvalue weighted by Crippen LogP contribution is 2.36. The van der Waals surface area contributed by atoms with Crippen molar-refractivity contribution in [2.45, 2.75) is 0 Å². The Kier molecular flexibility index (Phi) is 6.83. The van der Waals surface area contributed by atoms with Gasteiger partial charge >= 0.3 is 0 Å². The fourth-order valence-electron chi connectivity index (χ4n) is 6.60. The van der Waals surface area contributed by atoms with E-state index in [1.807, 2.05) is 79.3 Å². The number of rotatable bonds is 4. The first-order chi connectivity index (χ1) is 24.2. The van der Waals surface area contributed by atoms with Gasteiger partial charge in [-0.05, 0) is 91.0 Å². The monoisotopic (exact) mass is 633 g/mol. The SMILES string of the molecule is C[n+]1ccccc1-c1c2nc(c(-c3ccccn3)c3ccc([nH]3)c(-c3ccccn3)c3nc(c(-c4ccccn4)c4ccc1[nH]4)C=C3)C=C2. The fraction of sp³-hybridized carbons (Fsp3) is 0.0244. The van der Waals surface area contributed by atoms with E-state index in [1.165, 1.54) is 0 Å². The Balaban J connectivity index is 1.49. The van der Waals surface area contributed by atoms with Crippen LogP contribution < -0.4 is 4.57 Å². The first-order valence-electron chi connectivity index (χ1n) is 16.1. The lowest BCUT2D eigenvalue weighted by Crippen LogP contribution is -2.30. The van der Waals surface area contributed by atoms with Crippen LogP contribution in [0.4, 0.5) is 0 Å². The first kappa shape index (κ1) is 28.4. The van der Waals surface area contributed by atoms with Gasteiger partial charge in [0.15, 0.2) is 6.20 Å². The van der Waals surface area contributed by atoms with Crippen LogP contribution in [-0.4, -0.2) is 34.9 Å². The summed E-state index contributed by atoms with van der Waals surface area (Å²) in [6.07, 6.45) is 15.8. The molecule has 0 aliphatic carbocycles. The summed E-state index contributed by atoms with van der Waals surface area (Å²) in [7, 11) is 2.05. The van der Waals surface area contributed by atoms with Crippen molar-refractivity contribution in [2.24, 2.45) is 7.05 Å². The third-order valence-corrected chi connectivity index (χ3v) is 8.83. The third-order valence-electron chi connectivity index (χ3n) is 8.83. The van der Waals surface area contributed by atoms with Gasteiger partial charge in [-0.1, -0.05) is 18.2 Å². The smallest absolute Gasteiger partial charge is 0.216 e. The highest BCUT2D eigenvalue weighted by atomic mass is 14.9. The molecule has 8 bridgehead atoms. The number of hydrogen-bond donors (Lipinski definition) is 2. The number of aromatic amines is 2. The Morgan fingerprint density at radius 2 is 0.816 bits per heavy atom. The zero-order valence-corrected chi connectivity index (χ0v) is 26.5. The molecule has 0 saturated carbocycles. The Bertz CT molecular complexity index is 2560. The maximum atomic E-state index is 5.31. The van der Waals surface area contributed by atoms with Gasteiger partial charge in [0, 0.05) is 47.4 Å². The minimum atomic E-state index is 0.797. The summed E-state index contributed by atoms with van der Waals surface area (Å²) in [5.74, 6) is 0. The molecule has 2 aliphatic heterocycles. The Labute approximate surface area is 281 Å². The van der Waals surface area contributed by atoms with Crippen molar-refractivity contribution in [3.8, 4) is 45.0 Å². The quantitative estimate of drug-likeness (QED) is 0.190. The standard InChI is InChI=1S/C41H28N8/c1-49-25-9-5-13-37(49)41-35-20-18-33(47-35)39(27-11-3-7-23-43-27)31-16-14-29(45-31)38(26-10-2-6-22-42-26)30-15-17-32(46-30)40(28-12-4-8-24-44-28)34-19-21-36(41)48-34/h2-25H,1H3,(H,45,46,47,48)/p+1. The third kappa shape index (κ3) is 5.03. The van der Waals surface area contributed by atoms with E-state index in [9.17, 15) is 0 Å². The molecule has 9 heterocycles. The molecule has 2 N–H and O–H groups in total. The van der Waals surface area contributed by atoms with E-state index in [1.54, 1.807) is 0 Å². The van der Waals surface area contributed by atoms with Crippen molar-refractivity contribution in [3.05, 3.63) is 145 Å². The zero-order chi connectivity index (χ0) is 32.7. The molecule has 49 heavy (non-hydrogen) atoms. The van der Waals surface area contributed by atoms with Gasteiger partial charge in [0.1, 0.15) is 7.05 Å². The van der Waals surface area contributed by atoms with Crippen LogP contribution >= 0.6 is 0 Å². The second-order valence-electron chi connectivity index (χ2n) is 11.8. The van der Waals surface area contributed by atoms with E-state index in [-0.39, 0.29) is 0 Å². The highest BCUT2D eigenvalue weighted by Gasteiger charge is 2.22. The summed E-state index contributed by atoms with van der Waals surface area (Å²) in [6, 6.07) is 32.4. The predicted molar refractivity (Wildman–Crippen MR) is 195 cm³/mol. The van der Waals surface area contributed by atoms with Crippen LogP contribution in [0.25, 0.3) is 91.4 Å². The number of pyridine rings is 4. The van der Waals surface area contributed by atoms with Crippen molar-refractivity contribution in [1.29, 1.82) is 0 Å². The van der Waals surface area contributed by atoms with E-state index >= 15 is 0 Å². The summed E-state index contributed by atoms with van der Waals surface area (Å²) >= 11 is 0. The van der Waals surface area contributed by atoms with Crippen LogP contribution in [0.1, 0.15) is 22.8 Å². The van der Waals surface area contributed by atoms with Gasteiger partial charge in [0.25, 0.3) is 0 Å². The summed E-state index contributed by atoms with van der Waals surface area (Å²) in [6.45, 7) is 0. The van der Waals surface area contributed by atoms with Gasteiger partial charge in [-0.25, -0.2) is 14.5 Å². The molecule has 0 unspecified atom stereocenters. The van der Waals surface area contributed by atoms with Gasteiger partial charge in [-0.3, -0.25) is 15.0 Å². The van der Waals surface area contributed by atoms with Gasteiger partial charge in [0.05, 0.1) is 67.5 Å². The molecule has 0 fully saturated rings. The second kappa shape index (κ2) is 11.8. The molecule has 0 amide bonds.